The van der Waals surface area contributed by atoms with Crippen molar-refractivity contribution in [1.29, 1.82) is 0 Å². The first-order valence-corrected chi connectivity index (χ1v) is 5.35. The zero-order chi connectivity index (χ0) is 13.7. The van der Waals surface area contributed by atoms with Crippen molar-refractivity contribution in [3.63, 3.8) is 0 Å². The Bertz CT molecular complexity index is 464. The summed E-state index contributed by atoms with van der Waals surface area (Å²) in [6.45, 7) is 1.53. The molecule has 0 aromatic carbocycles. The first-order valence-electron chi connectivity index (χ1n) is 5.35. The molecule has 0 bridgehead atoms. The van der Waals surface area contributed by atoms with Gasteiger partial charge in [-0.1, -0.05) is 0 Å². The predicted molar refractivity (Wildman–Crippen MR) is 64.7 cm³/mol. The maximum absolute atomic E-state index is 13.1. The number of carbonyl (C=O) groups is 2. The molecule has 0 aliphatic carbocycles. The summed E-state index contributed by atoms with van der Waals surface area (Å²) in [5.74, 6) is -1.27. The Hall–Kier alpha value is -2.18. The van der Waals surface area contributed by atoms with Crippen LogP contribution in [0.25, 0.3) is 0 Å². The molecular weight excluding hydrogens is 239 g/mol. The van der Waals surface area contributed by atoms with Crippen LogP contribution in [0.3, 0.4) is 0 Å². The topological polar surface area (TPSA) is 83.1 Å². The van der Waals surface area contributed by atoms with Gasteiger partial charge in [0.05, 0.1) is 11.8 Å². The summed E-state index contributed by atoms with van der Waals surface area (Å²) >= 11 is 0. The number of hydrogen-bond donors (Lipinski definition) is 3. The maximum Gasteiger partial charge on any atom is 0.255 e. The van der Waals surface area contributed by atoms with Crippen LogP contribution in [0, 0.1) is 5.82 Å². The smallest absolute Gasteiger partial charge is 0.255 e. The minimum Gasteiger partial charge on any atom is -0.372 e. The van der Waals surface area contributed by atoms with E-state index >= 15 is 0 Å². The number of likely N-dealkylation sites (N-methyl/N-ethyl adjacent to an activating group) is 1. The lowest BCUT2D eigenvalue weighted by atomic mass is 10.2. The van der Waals surface area contributed by atoms with Gasteiger partial charge in [0, 0.05) is 14.1 Å². The maximum atomic E-state index is 13.1. The molecule has 1 atom stereocenters. The quantitative estimate of drug-likeness (QED) is 0.713. The molecule has 0 aliphatic rings. The fraction of sp³-hybridized carbons (Fsp3) is 0.364. The van der Waals surface area contributed by atoms with E-state index in [1.165, 1.54) is 14.0 Å². The van der Waals surface area contributed by atoms with Crippen molar-refractivity contribution in [3.05, 3.63) is 23.6 Å². The summed E-state index contributed by atoms with van der Waals surface area (Å²) in [6, 6.07) is 0.348. The lowest BCUT2D eigenvalue weighted by Crippen LogP contribution is -2.43. The number of aromatic nitrogens is 1. The van der Waals surface area contributed by atoms with Gasteiger partial charge in [0.2, 0.25) is 5.91 Å². The fourth-order valence-corrected chi connectivity index (χ4v) is 1.37. The van der Waals surface area contributed by atoms with Gasteiger partial charge in [-0.25, -0.2) is 9.37 Å². The molecular formula is C11H15FN4O2. The van der Waals surface area contributed by atoms with Crippen molar-refractivity contribution < 1.29 is 14.0 Å². The SMILES string of the molecule is CNC(=O)C(C)NC(=O)c1cc(F)cnc1NC. The van der Waals surface area contributed by atoms with E-state index < -0.39 is 17.8 Å². The van der Waals surface area contributed by atoms with Gasteiger partial charge in [-0.15, -0.1) is 0 Å². The van der Waals surface area contributed by atoms with Crippen LogP contribution in [-0.4, -0.2) is 36.9 Å². The molecule has 6 nitrogen and oxygen atoms in total. The molecule has 1 aromatic rings. The molecule has 1 unspecified atom stereocenters. The number of hydrogen-bond acceptors (Lipinski definition) is 4. The lowest BCUT2D eigenvalue weighted by molar-refractivity contribution is -0.122. The summed E-state index contributed by atoms with van der Waals surface area (Å²) in [5, 5.41) is 7.53. The molecule has 3 N–H and O–H groups in total. The zero-order valence-corrected chi connectivity index (χ0v) is 10.4. The van der Waals surface area contributed by atoms with Gasteiger partial charge >= 0.3 is 0 Å². The van der Waals surface area contributed by atoms with Crippen molar-refractivity contribution in [2.75, 3.05) is 19.4 Å². The van der Waals surface area contributed by atoms with Gasteiger partial charge in [0.15, 0.2) is 0 Å². The standard InChI is InChI=1S/C11H15FN4O2/c1-6(10(17)14-3)16-11(18)8-4-7(12)5-15-9(8)13-2/h4-6H,1-3H3,(H,13,15)(H,14,17)(H,16,18). The highest BCUT2D eigenvalue weighted by Crippen LogP contribution is 2.12. The summed E-state index contributed by atoms with van der Waals surface area (Å²) in [6.07, 6.45) is 1.00. The normalized spacial score (nSPS) is 11.6. The molecule has 7 heteroatoms. The number of rotatable bonds is 4. The minimum atomic E-state index is -0.713. The van der Waals surface area contributed by atoms with E-state index in [0.717, 1.165) is 12.3 Å². The zero-order valence-electron chi connectivity index (χ0n) is 10.4. The highest BCUT2D eigenvalue weighted by atomic mass is 19.1. The monoisotopic (exact) mass is 254 g/mol. The van der Waals surface area contributed by atoms with Crippen molar-refractivity contribution in [2.24, 2.45) is 0 Å². The summed E-state index contributed by atoms with van der Waals surface area (Å²) in [4.78, 5) is 26.9. The van der Waals surface area contributed by atoms with Gasteiger partial charge in [-0.2, -0.15) is 0 Å². The van der Waals surface area contributed by atoms with Gasteiger partial charge in [-0.05, 0) is 13.0 Å². The summed E-state index contributed by atoms with van der Waals surface area (Å²) in [5.41, 5.74) is 0.0493. The molecule has 1 aromatic heterocycles. The predicted octanol–water partition coefficient (Wildman–Crippen LogP) is 0.127. The van der Waals surface area contributed by atoms with Crippen LogP contribution >= 0.6 is 0 Å². The summed E-state index contributed by atoms with van der Waals surface area (Å²) in [7, 11) is 3.03. The van der Waals surface area contributed by atoms with E-state index in [1.54, 1.807) is 7.05 Å². The van der Waals surface area contributed by atoms with Crippen LogP contribution in [0.1, 0.15) is 17.3 Å². The molecule has 18 heavy (non-hydrogen) atoms. The van der Waals surface area contributed by atoms with Crippen molar-refractivity contribution in [3.8, 4) is 0 Å². The number of halogens is 1. The molecule has 1 heterocycles. The molecule has 2 amide bonds. The van der Waals surface area contributed by atoms with Crippen molar-refractivity contribution >= 4 is 17.6 Å². The average Bonchev–Trinajstić information content (AvgIpc) is 2.37. The van der Waals surface area contributed by atoms with E-state index in [4.69, 9.17) is 0 Å². The van der Waals surface area contributed by atoms with E-state index in [0.29, 0.717) is 0 Å². The number of anilines is 1. The van der Waals surface area contributed by atoms with Crippen molar-refractivity contribution in [1.82, 2.24) is 15.6 Å². The Labute approximate surface area is 104 Å². The van der Waals surface area contributed by atoms with Crippen LogP contribution in [0.4, 0.5) is 10.2 Å². The van der Waals surface area contributed by atoms with E-state index in [9.17, 15) is 14.0 Å². The second kappa shape index (κ2) is 5.95. The van der Waals surface area contributed by atoms with Crippen molar-refractivity contribution in [2.45, 2.75) is 13.0 Å². The second-order valence-corrected chi connectivity index (χ2v) is 3.61. The third-order valence-electron chi connectivity index (χ3n) is 2.32. The van der Waals surface area contributed by atoms with Crippen LogP contribution in [-0.2, 0) is 4.79 Å². The van der Waals surface area contributed by atoms with E-state index in [-0.39, 0.29) is 17.3 Å². The van der Waals surface area contributed by atoms with Crippen LogP contribution in [0.5, 0.6) is 0 Å². The molecule has 1 rings (SSSR count). The molecule has 0 saturated carbocycles. The van der Waals surface area contributed by atoms with Crippen LogP contribution in [0.15, 0.2) is 12.3 Å². The Balaban J connectivity index is 2.90. The summed E-state index contributed by atoms with van der Waals surface area (Å²) < 4.78 is 13.1. The number of nitrogens with one attached hydrogen (secondary N) is 3. The Morgan fingerprint density at radius 1 is 1.39 bits per heavy atom. The molecule has 0 aliphatic heterocycles. The number of nitrogens with zero attached hydrogens (tertiary/aromatic N) is 1. The highest BCUT2D eigenvalue weighted by molar-refractivity contribution is 6.00. The molecule has 0 saturated heterocycles. The Morgan fingerprint density at radius 2 is 2.06 bits per heavy atom. The average molecular weight is 254 g/mol. The molecule has 98 valence electrons. The number of pyridine rings is 1. The van der Waals surface area contributed by atoms with Gasteiger partial charge in [0.1, 0.15) is 17.7 Å². The number of amides is 2. The first-order chi connectivity index (χ1) is 8.49. The van der Waals surface area contributed by atoms with Gasteiger partial charge in [0.25, 0.3) is 5.91 Å². The Morgan fingerprint density at radius 3 is 2.61 bits per heavy atom. The Kier molecular flexibility index (Phi) is 4.59. The van der Waals surface area contributed by atoms with Gasteiger partial charge < -0.3 is 16.0 Å². The van der Waals surface area contributed by atoms with E-state index in [2.05, 4.69) is 20.9 Å². The second-order valence-electron chi connectivity index (χ2n) is 3.61. The third kappa shape index (κ3) is 3.16. The lowest BCUT2D eigenvalue weighted by Gasteiger charge is -2.13. The molecule has 0 spiro atoms. The largest absolute Gasteiger partial charge is 0.372 e. The fourth-order valence-electron chi connectivity index (χ4n) is 1.37. The highest BCUT2D eigenvalue weighted by Gasteiger charge is 2.18. The minimum absolute atomic E-state index is 0.0493. The van der Waals surface area contributed by atoms with Crippen LogP contribution in [0.2, 0.25) is 0 Å². The van der Waals surface area contributed by atoms with E-state index in [1.807, 2.05) is 0 Å². The molecule has 0 radical (unpaired) electrons. The first kappa shape index (κ1) is 13.9. The van der Waals surface area contributed by atoms with Gasteiger partial charge in [-0.3, -0.25) is 9.59 Å². The number of carbonyl (C=O) groups excluding carboxylic acids is 2. The van der Waals surface area contributed by atoms with Crippen LogP contribution < -0.4 is 16.0 Å². The third-order valence-corrected chi connectivity index (χ3v) is 2.32. The molecule has 0 fully saturated rings.